The molecular formula is C18H18BrN5O. The Hall–Kier alpha value is -2.28. The summed E-state index contributed by atoms with van der Waals surface area (Å²) in [6, 6.07) is 6.07. The molecule has 1 aliphatic heterocycles. The van der Waals surface area contributed by atoms with E-state index in [4.69, 9.17) is 9.72 Å². The first-order valence-electron chi connectivity index (χ1n) is 8.34. The first-order chi connectivity index (χ1) is 12.3. The van der Waals surface area contributed by atoms with E-state index in [9.17, 15) is 0 Å². The Morgan fingerprint density at radius 2 is 2.00 bits per heavy atom. The maximum Gasteiger partial charge on any atom is 0.232 e. The number of ether oxygens (including phenoxy) is 1. The number of rotatable bonds is 4. The molecule has 1 saturated heterocycles. The summed E-state index contributed by atoms with van der Waals surface area (Å²) in [7, 11) is 0. The molecule has 7 heteroatoms. The molecule has 128 valence electrons. The molecule has 0 atom stereocenters. The lowest BCUT2D eigenvalue weighted by molar-refractivity contribution is 0.215. The highest BCUT2D eigenvalue weighted by Crippen LogP contribution is 2.24. The Bertz CT molecular complexity index is 852. The number of anilines is 1. The molecule has 1 aromatic carbocycles. The van der Waals surface area contributed by atoms with Crippen LogP contribution in [0.15, 0.2) is 47.5 Å². The van der Waals surface area contributed by atoms with Crippen LogP contribution in [0.1, 0.15) is 12.8 Å². The molecule has 2 aromatic heterocycles. The summed E-state index contributed by atoms with van der Waals surface area (Å²) in [4.78, 5) is 19.6. The van der Waals surface area contributed by atoms with Gasteiger partial charge in [-0.15, -0.1) is 0 Å². The van der Waals surface area contributed by atoms with Crippen molar-refractivity contribution in [2.75, 3.05) is 24.6 Å². The zero-order chi connectivity index (χ0) is 17.1. The van der Waals surface area contributed by atoms with Crippen LogP contribution in [0, 0.1) is 5.92 Å². The summed E-state index contributed by atoms with van der Waals surface area (Å²) in [5.74, 6) is 1.92. The highest BCUT2D eigenvalue weighted by Gasteiger charge is 2.21. The predicted molar refractivity (Wildman–Crippen MR) is 99.7 cm³/mol. The Balaban J connectivity index is 1.36. The number of aromatic nitrogens is 4. The zero-order valence-corrected chi connectivity index (χ0v) is 15.3. The van der Waals surface area contributed by atoms with Crippen LogP contribution in [0.4, 0.5) is 5.95 Å². The van der Waals surface area contributed by atoms with E-state index in [1.54, 1.807) is 18.6 Å². The summed E-state index contributed by atoms with van der Waals surface area (Å²) in [5, 5.41) is 1.05. The van der Waals surface area contributed by atoms with Crippen LogP contribution in [0.5, 0.6) is 5.88 Å². The second-order valence-corrected chi connectivity index (χ2v) is 7.07. The quantitative estimate of drug-likeness (QED) is 0.668. The van der Waals surface area contributed by atoms with Crippen LogP contribution >= 0.6 is 15.9 Å². The maximum absolute atomic E-state index is 5.73. The minimum Gasteiger partial charge on any atom is -0.476 e. The second-order valence-electron chi connectivity index (χ2n) is 6.16. The number of hydrogen-bond donors (Lipinski definition) is 0. The summed E-state index contributed by atoms with van der Waals surface area (Å²) >= 11 is 3.48. The highest BCUT2D eigenvalue weighted by atomic mass is 79.9. The SMILES string of the molecule is Brc1ccc2nc(N3CCC(COc4cnccn4)CC3)ncc2c1. The molecule has 1 aliphatic rings. The fraction of sp³-hybridized carbons (Fsp3) is 0.333. The minimum absolute atomic E-state index is 0.523. The van der Waals surface area contributed by atoms with E-state index in [0.717, 1.165) is 47.3 Å². The molecule has 6 nitrogen and oxygen atoms in total. The second kappa shape index (κ2) is 7.31. The molecule has 1 fully saturated rings. The average molecular weight is 400 g/mol. The van der Waals surface area contributed by atoms with Crippen molar-refractivity contribution in [1.29, 1.82) is 0 Å². The lowest BCUT2D eigenvalue weighted by Crippen LogP contribution is -2.36. The van der Waals surface area contributed by atoms with Gasteiger partial charge in [0, 0.05) is 41.5 Å². The Kier molecular flexibility index (Phi) is 4.74. The zero-order valence-electron chi connectivity index (χ0n) is 13.7. The van der Waals surface area contributed by atoms with Gasteiger partial charge in [0.15, 0.2) is 0 Å². The van der Waals surface area contributed by atoms with E-state index in [-0.39, 0.29) is 0 Å². The van der Waals surface area contributed by atoms with Gasteiger partial charge in [0.2, 0.25) is 11.8 Å². The van der Waals surface area contributed by atoms with Crippen molar-refractivity contribution in [2.24, 2.45) is 5.92 Å². The summed E-state index contributed by atoms with van der Waals surface area (Å²) in [6.07, 6.45) is 8.95. The normalized spacial score (nSPS) is 15.5. The Morgan fingerprint density at radius 3 is 2.80 bits per heavy atom. The van der Waals surface area contributed by atoms with Crippen LogP contribution in [0.25, 0.3) is 10.9 Å². The van der Waals surface area contributed by atoms with Gasteiger partial charge in [-0.05, 0) is 37.0 Å². The number of hydrogen-bond acceptors (Lipinski definition) is 6. The lowest BCUT2D eigenvalue weighted by atomic mass is 9.98. The smallest absolute Gasteiger partial charge is 0.232 e. The molecule has 3 aromatic rings. The van der Waals surface area contributed by atoms with E-state index < -0.39 is 0 Å². The number of piperidine rings is 1. The number of halogens is 1. The molecule has 4 rings (SSSR count). The molecule has 25 heavy (non-hydrogen) atoms. The first kappa shape index (κ1) is 16.2. The van der Waals surface area contributed by atoms with E-state index in [2.05, 4.69) is 35.8 Å². The van der Waals surface area contributed by atoms with E-state index in [1.807, 2.05) is 24.4 Å². The van der Waals surface area contributed by atoms with Crippen LogP contribution < -0.4 is 9.64 Å². The van der Waals surface area contributed by atoms with Crippen molar-refractivity contribution in [3.63, 3.8) is 0 Å². The van der Waals surface area contributed by atoms with Crippen LogP contribution in [-0.2, 0) is 0 Å². The number of fused-ring (bicyclic) bond motifs is 1. The van der Waals surface area contributed by atoms with Gasteiger partial charge < -0.3 is 9.64 Å². The van der Waals surface area contributed by atoms with Crippen molar-refractivity contribution >= 4 is 32.8 Å². The van der Waals surface area contributed by atoms with Crippen molar-refractivity contribution in [1.82, 2.24) is 19.9 Å². The molecule has 0 radical (unpaired) electrons. The van der Waals surface area contributed by atoms with Crippen molar-refractivity contribution in [3.05, 3.63) is 47.5 Å². The molecule has 0 N–H and O–H groups in total. The van der Waals surface area contributed by atoms with Gasteiger partial charge in [-0.3, -0.25) is 4.98 Å². The van der Waals surface area contributed by atoms with Crippen molar-refractivity contribution < 1.29 is 4.74 Å². The average Bonchev–Trinajstić information content (AvgIpc) is 2.67. The maximum atomic E-state index is 5.73. The van der Waals surface area contributed by atoms with Crippen molar-refractivity contribution in [2.45, 2.75) is 12.8 Å². The third-order valence-corrected chi connectivity index (χ3v) is 4.93. The molecule has 3 heterocycles. The van der Waals surface area contributed by atoms with Gasteiger partial charge >= 0.3 is 0 Å². The molecule has 0 amide bonds. The van der Waals surface area contributed by atoms with E-state index >= 15 is 0 Å². The third kappa shape index (κ3) is 3.87. The molecule has 0 spiro atoms. The largest absolute Gasteiger partial charge is 0.476 e. The molecule has 0 aliphatic carbocycles. The standard InChI is InChI=1S/C18H18BrN5O/c19-15-1-2-16-14(9-15)10-22-18(23-16)24-7-3-13(4-8-24)12-25-17-11-20-5-6-21-17/h1-2,5-6,9-11,13H,3-4,7-8,12H2. The number of benzene rings is 1. The van der Waals surface area contributed by atoms with Crippen LogP contribution in [-0.4, -0.2) is 39.6 Å². The molecule has 0 bridgehead atoms. The fourth-order valence-electron chi connectivity index (χ4n) is 3.01. The Morgan fingerprint density at radius 1 is 1.12 bits per heavy atom. The van der Waals surface area contributed by atoms with Crippen molar-refractivity contribution in [3.8, 4) is 5.88 Å². The first-order valence-corrected chi connectivity index (χ1v) is 9.13. The fourth-order valence-corrected chi connectivity index (χ4v) is 3.39. The molecular weight excluding hydrogens is 382 g/mol. The van der Waals surface area contributed by atoms with Crippen LogP contribution in [0.2, 0.25) is 0 Å². The van der Waals surface area contributed by atoms with Gasteiger partial charge in [0.1, 0.15) is 0 Å². The summed E-state index contributed by atoms with van der Waals surface area (Å²) in [5.41, 5.74) is 0.973. The lowest BCUT2D eigenvalue weighted by Gasteiger charge is -2.31. The summed E-state index contributed by atoms with van der Waals surface area (Å²) < 4.78 is 6.77. The monoisotopic (exact) mass is 399 g/mol. The molecule has 0 saturated carbocycles. The van der Waals surface area contributed by atoms with Gasteiger partial charge in [-0.1, -0.05) is 15.9 Å². The van der Waals surface area contributed by atoms with Gasteiger partial charge in [-0.25, -0.2) is 15.0 Å². The highest BCUT2D eigenvalue weighted by molar-refractivity contribution is 9.10. The number of nitrogens with zero attached hydrogens (tertiary/aromatic N) is 5. The van der Waals surface area contributed by atoms with Crippen LogP contribution in [0.3, 0.4) is 0 Å². The van der Waals surface area contributed by atoms with Gasteiger partial charge in [0.05, 0.1) is 18.3 Å². The Labute approximate surface area is 154 Å². The van der Waals surface area contributed by atoms with Gasteiger partial charge in [0.25, 0.3) is 0 Å². The molecule has 0 unspecified atom stereocenters. The summed E-state index contributed by atoms with van der Waals surface area (Å²) in [6.45, 7) is 2.56. The van der Waals surface area contributed by atoms with Gasteiger partial charge in [-0.2, -0.15) is 0 Å². The van der Waals surface area contributed by atoms with E-state index in [0.29, 0.717) is 18.4 Å². The topological polar surface area (TPSA) is 64.0 Å². The predicted octanol–water partition coefficient (Wildman–Crippen LogP) is 3.48. The van der Waals surface area contributed by atoms with E-state index in [1.165, 1.54) is 0 Å². The third-order valence-electron chi connectivity index (χ3n) is 4.43. The minimum atomic E-state index is 0.523.